The van der Waals surface area contributed by atoms with Crippen LogP contribution in [0.4, 0.5) is 4.39 Å². The first-order valence-electron chi connectivity index (χ1n) is 10.9. The Bertz CT molecular complexity index is 1050. The molecule has 33 heavy (non-hydrogen) atoms. The molecule has 1 saturated heterocycles. The lowest BCUT2D eigenvalue weighted by atomic mass is 10.00. The maximum absolute atomic E-state index is 13.2. The summed E-state index contributed by atoms with van der Waals surface area (Å²) in [6, 6.07) is 12.7. The van der Waals surface area contributed by atoms with Crippen molar-refractivity contribution in [2.24, 2.45) is 0 Å². The second kappa shape index (κ2) is 9.85. The Morgan fingerprint density at radius 1 is 1.12 bits per heavy atom. The van der Waals surface area contributed by atoms with E-state index in [0.717, 1.165) is 13.1 Å². The number of esters is 1. The van der Waals surface area contributed by atoms with Gasteiger partial charge in [0.25, 0.3) is 0 Å². The minimum absolute atomic E-state index is 0.000680. The lowest BCUT2D eigenvalue weighted by molar-refractivity contribution is -0.899. The average Bonchev–Trinajstić information content (AvgIpc) is 3.57. The summed E-state index contributed by atoms with van der Waals surface area (Å²) in [6.45, 7) is 2.25. The van der Waals surface area contributed by atoms with Crippen LogP contribution in [-0.4, -0.2) is 54.1 Å². The van der Waals surface area contributed by atoms with Crippen molar-refractivity contribution in [1.82, 2.24) is 0 Å². The van der Waals surface area contributed by atoms with Crippen molar-refractivity contribution < 1.29 is 28.3 Å². The predicted octanol–water partition coefficient (Wildman–Crippen LogP) is 4.61. The Balaban J connectivity index is 1.33. The molecule has 1 aliphatic rings. The monoisotopic (exact) mass is 488 g/mol. The van der Waals surface area contributed by atoms with Crippen LogP contribution in [0.5, 0.6) is 0 Å². The molecule has 1 N–H and O–H groups in total. The highest BCUT2D eigenvalue weighted by Crippen LogP contribution is 2.37. The quantitative estimate of drug-likeness (QED) is 0.271. The molecule has 0 aliphatic carbocycles. The highest BCUT2D eigenvalue weighted by molar-refractivity contribution is 7.12. The molecule has 2 aromatic heterocycles. The minimum atomic E-state index is -1.80. The van der Waals surface area contributed by atoms with Crippen molar-refractivity contribution in [2.45, 2.75) is 31.0 Å². The van der Waals surface area contributed by atoms with Crippen LogP contribution < -0.4 is 0 Å². The van der Waals surface area contributed by atoms with E-state index in [1.807, 2.05) is 22.9 Å². The number of quaternary nitrogens is 1. The van der Waals surface area contributed by atoms with Gasteiger partial charge < -0.3 is 14.3 Å². The van der Waals surface area contributed by atoms with Crippen LogP contribution in [0.15, 0.2) is 59.3 Å². The molecule has 2 atom stereocenters. The summed E-state index contributed by atoms with van der Waals surface area (Å²) in [7, 11) is 2.10. The van der Waals surface area contributed by atoms with E-state index in [0.29, 0.717) is 45.6 Å². The Labute approximate surface area is 200 Å². The minimum Gasteiger partial charge on any atom is -0.453 e. The van der Waals surface area contributed by atoms with E-state index in [1.54, 1.807) is 12.1 Å². The normalized spacial score (nSPS) is 20.6. The molecule has 3 aromatic rings. The number of likely N-dealkylation sites (tertiary alicyclic amines) is 1. The van der Waals surface area contributed by atoms with E-state index in [4.69, 9.17) is 4.74 Å². The fourth-order valence-corrected chi connectivity index (χ4v) is 6.07. The third-order valence-corrected chi connectivity index (χ3v) is 8.19. The van der Waals surface area contributed by atoms with Gasteiger partial charge in [-0.15, -0.1) is 22.7 Å². The number of aliphatic hydroxyl groups is 1. The van der Waals surface area contributed by atoms with Gasteiger partial charge in [-0.3, -0.25) is 4.79 Å². The van der Waals surface area contributed by atoms with E-state index < -0.39 is 11.6 Å². The molecule has 1 aromatic carbocycles. The third-order valence-electron chi connectivity index (χ3n) is 6.23. The van der Waals surface area contributed by atoms with Gasteiger partial charge >= 0.3 is 5.97 Å². The topological polar surface area (TPSA) is 63.6 Å². The number of carbonyl (C=O) groups excluding carboxylic acids is 2. The lowest BCUT2D eigenvalue weighted by Crippen LogP contribution is -2.45. The van der Waals surface area contributed by atoms with Crippen molar-refractivity contribution in [3.05, 3.63) is 80.4 Å². The van der Waals surface area contributed by atoms with E-state index >= 15 is 0 Å². The number of halogens is 1. The molecule has 0 saturated carbocycles. The first-order chi connectivity index (χ1) is 15.8. The van der Waals surface area contributed by atoms with E-state index in [-0.39, 0.29) is 17.7 Å². The first kappa shape index (κ1) is 23.8. The lowest BCUT2D eigenvalue weighted by Gasteiger charge is -2.30. The fourth-order valence-electron chi connectivity index (χ4n) is 4.36. The first-order valence-corrected chi connectivity index (χ1v) is 12.7. The van der Waals surface area contributed by atoms with E-state index in [9.17, 15) is 19.1 Å². The van der Waals surface area contributed by atoms with Gasteiger partial charge in [-0.2, -0.15) is 0 Å². The number of hydrogen-bond acceptors (Lipinski definition) is 6. The number of benzene rings is 1. The Morgan fingerprint density at radius 3 is 2.33 bits per heavy atom. The van der Waals surface area contributed by atoms with Gasteiger partial charge in [0.2, 0.25) is 5.60 Å². The molecule has 1 fully saturated rings. The zero-order chi connectivity index (χ0) is 23.5. The zero-order valence-electron chi connectivity index (χ0n) is 18.4. The Hall–Kier alpha value is -2.39. The van der Waals surface area contributed by atoms with Crippen LogP contribution in [0, 0.1) is 5.82 Å². The summed E-state index contributed by atoms with van der Waals surface area (Å²) in [5.41, 5.74) is -1.27. The smallest absolute Gasteiger partial charge is 0.349 e. The number of hydrogen-bond donors (Lipinski definition) is 1. The number of thiophene rings is 2. The molecular formula is C25H27FNO4S2+. The number of ketones is 1. The van der Waals surface area contributed by atoms with Gasteiger partial charge in [0.1, 0.15) is 12.4 Å². The number of ether oxygens (including phenoxy) is 1. The molecule has 4 rings (SSSR count). The van der Waals surface area contributed by atoms with Crippen molar-refractivity contribution in [2.75, 3.05) is 26.7 Å². The maximum atomic E-state index is 13.2. The molecule has 0 radical (unpaired) electrons. The van der Waals surface area contributed by atoms with Gasteiger partial charge in [0.05, 0.1) is 29.9 Å². The van der Waals surface area contributed by atoms with Crippen molar-refractivity contribution in [3.63, 3.8) is 0 Å². The van der Waals surface area contributed by atoms with E-state index in [1.165, 1.54) is 46.9 Å². The van der Waals surface area contributed by atoms with Gasteiger partial charge in [0.15, 0.2) is 11.9 Å². The molecule has 0 amide bonds. The van der Waals surface area contributed by atoms with Gasteiger partial charge in [0, 0.05) is 24.8 Å². The Morgan fingerprint density at radius 2 is 1.76 bits per heavy atom. The van der Waals surface area contributed by atoms with Crippen LogP contribution in [0.25, 0.3) is 0 Å². The number of likely N-dealkylation sites (N-methyl/N-ethyl adjacent to an activating group) is 1. The third kappa shape index (κ3) is 5.24. The number of rotatable bonds is 9. The maximum Gasteiger partial charge on any atom is 0.349 e. The average molecular weight is 489 g/mol. The molecule has 3 heterocycles. The van der Waals surface area contributed by atoms with Crippen LogP contribution in [0.2, 0.25) is 0 Å². The zero-order valence-corrected chi connectivity index (χ0v) is 20.0. The SMILES string of the molecule is C[N+]1(CCCC(=O)c2ccc(F)cc2)CCC(OC(=O)C(O)(c2cccs2)c2cccs2)C1. The summed E-state index contributed by atoms with van der Waals surface area (Å²) in [5, 5.41) is 15.1. The molecule has 5 nitrogen and oxygen atoms in total. The summed E-state index contributed by atoms with van der Waals surface area (Å²) in [4.78, 5) is 26.6. The van der Waals surface area contributed by atoms with E-state index in [2.05, 4.69) is 7.05 Å². The predicted molar refractivity (Wildman–Crippen MR) is 127 cm³/mol. The number of nitrogens with zero attached hydrogens (tertiary/aromatic N) is 1. The van der Waals surface area contributed by atoms with Crippen LogP contribution in [0.1, 0.15) is 39.4 Å². The van der Waals surface area contributed by atoms with Gasteiger partial charge in [-0.1, -0.05) is 12.1 Å². The number of Topliss-reactive ketones (excluding diaryl/α,β-unsaturated/α-hetero) is 1. The summed E-state index contributed by atoms with van der Waals surface area (Å²) in [6.07, 6.45) is 1.50. The highest BCUT2D eigenvalue weighted by Gasteiger charge is 2.46. The summed E-state index contributed by atoms with van der Waals surface area (Å²) >= 11 is 2.65. The fraction of sp³-hybridized carbons (Fsp3) is 0.360. The molecule has 0 spiro atoms. The van der Waals surface area contributed by atoms with Crippen LogP contribution >= 0.6 is 22.7 Å². The number of carbonyl (C=O) groups is 2. The second-order valence-corrected chi connectivity index (χ2v) is 10.7. The molecule has 174 valence electrons. The molecular weight excluding hydrogens is 461 g/mol. The van der Waals surface area contributed by atoms with Crippen molar-refractivity contribution in [3.8, 4) is 0 Å². The second-order valence-electron chi connectivity index (χ2n) is 8.76. The summed E-state index contributed by atoms with van der Waals surface area (Å²) < 4.78 is 19.6. The molecule has 2 unspecified atom stereocenters. The molecule has 1 aliphatic heterocycles. The summed E-state index contributed by atoms with van der Waals surface area (Å²) in [5.74, 6) is -0.995. The van der Waals surface area contributed by atoms with Crippen LogP contribution in [0.3, 0.4) is 0 Å². The largest absolute Gasteiger partial charge is 0.453 e. The van der Waals surface area contributed by atoms with Gasteiger partial charge in [-0.05, 0) is 47.2 Å². The van der Waals surface area contributed by atoms with Gasteiger partial charge in [-0.25, -0.2) is 9.18 Å². The highest BCUT2D eigenvalue weighted by atomic mass is 32.1. The van der Waals surface area contributed by atoms with Crippen molar-refractivity contribution >= 4 is 34.4 Å². The molecule has 0 bridgehead atoms. The van der Waals surface area contributed by atoms with Crippen LogP contribution in [-0.2, 0) is 15.1 Å². The Kier molecular flexibility index (Phi) is 7.09. The standard InChI is InChI=1S/C25H27FNO4S2/c1-27(13-2-5-21(28)18-8-10-19(26)11-9-18)14-12-20(17-27)31-24(29)25(30,22-6-3-15-32-22)23-7-4-16-33-23/h3-4,6-11,15-16,20,30H,2,5,12-14,17H2,1H3/q+1. The van der Waals surface area contributed by atoms with Crippen molar-refractivity contribution in [1.29, 1.82) is 0 Å². The molecule has 8 heteroatoms.